The van der Waals surface area contributed by atoms with Gasteiger partial charge in [0.15, 0.2) is 10.9 Å². The lowest BCUT2D eigenvalue weighted by atomic mass is 10.2. The second-order valence-electron chi connectivity index (χ2n) is 2.55. The molecule has 0 N–H and O–H groups in total. The predicted molar refractivity (Wildman–Crippen MR) is 56.0 cm³/mol. The molecule has 4 heteroatoms. The molecule has 13 heavy (non-hydrogen) atoms. The number of hydrogen-bond acceptors (Lipinski definition) is 2. The largest absolute Gasteiger partial charge is 0.494 e. The molecule has 0 bridgehead atoms. The van der Waals surface area contributed by atoms with Crippen LogP contribution in [0.5, 0.6) is 5.75 Å². The predicted octanol–water partition coefficient (Wildman–Crippen LogP) is 3.81. The third-order valence-electron chi connectivity index (χ3n) is 1.77. The van der Waals surface area contributed by atoms with Gasteiger partial charge in [0, 0.05) is 0 Å². The standard InChI is InChI=1S/C9H6BrFOS/c1-12-8-6(10)3-2-5-4-7(11)13-9(5)8/h2-4H,1H3. The zero-order valence-electron chi connectivity index (χ0n) is 6.80. The molecule has 0 fully saturated rings. The van der Waals surface area contributed by atoms with Gasteiger partial charge in [-0.3, -0.25) is 0 Å². The average Bonchev–Trinajstić information content (AvgIpc) is 2.45. The van der Waals surface area contributed by atoms with E-state index < -0.39 is 0 Å². The summed E-state index contributed by atoms with van der Waals surface area (Å²) in [5.41, 5.74) is 0. The SMILES string of the molecule is COc1c(Br)ccc2cc(F)sc12. The first-order valence-electron chi connectivity index (χ1n) is 3.64. The van der Waals surface area contributed by atoms with Gasteiger partial charge in [-0.15, -0.1) is 11.3 Å². The van der Waals surface area contributed by atoms with Gasteiger partial charge in [0.25, 0.3) is 0 Å². The fraction of sp³-hybridized carbons (Fsp3) is 0.111. The van der Waals surface area contributed by atoms with Gasteiger partial charge in [0.1, 0.15) is 0 Å². The summed E-state index contributed by atoms with van der Waals surface area (Å²) in [5.74, 6) is 0.700. The van der Waals surface area contributed by atoms with E-state index in [1.165, 1.54) is 6.07 Å². The Morgan fingerprint density at radius 1 is 1.46 bits per heavy atom. The Morgan fingerprint density at radius 3 is 2.92 bits per heavy atom. The number of methoxy groups -OCH3 is 1. The summed E-state index contributed by atoms with van der Waals surface area (Å²) in [6.07, 6.45) is 0. The van der Waals surface area contributed by atoms with Crippen molar-refractivity contribution in [3.05, 3.63) is 27.8 Å². The van der Waals surface area contributed by atoms with Crippen LogP contribution < -0.4 is 4.74 Å². The number of ether oxygens (including phenoxy) is 1. The summed E-state index contributed by atoms with van der Waals surface area (Å²) in [7, 11) is 1.58. The minimum Gasteiger partial charge on any atom is -0.494 e. The Balaban J connectivity index is 2.82. The van der Waals surface area contributed by atoms with Crippen molar-refractivity contribution in [3.63, 3.8) is 0 Å². The molecule has 0 aliphatic rings. The van der Waals surface area contributed by atoms with Crippen LogP contribution in [0.25, 0.3) is 10.1 Å². The van der Waals surface area contributed by atoms with Gasteiger partial charge in [-0.25, -0.2) is 0 Å². The zero-order valence-corrected chi connectivity index (χ0v) is 9.21. The van der Waals surface area contributed by atoms with Crippen molar-refractivity contribution in [1.29, 1.82) is 0 Å². The van der Waals surface area contributed by atoms with Crippen LogP contribution in [0.3, 0.4) is 0 Å². The van der Waals surface area contributed by atoms with Crippen molar-refractivity contribution < 1.29 is 9.13 Å². The molecule has 1 nitrogen and oxygen atoms in total. The summed E-state index contributed by atoms with van der Waals surface area (Å²) in [5, 5.41) is 0.689. The van der Waals surface area contributed by atoms with Crippen LogP contribution in [-0.4, -0.2) is 7.11 Å². The van der Waals surface area contributed by atoms with Crippen molar-refractivity contribution in [2.45, 2.75) is 0 Å². The van der Waals surface area contributed by atoms with Crippen LogP contribution in [0.4, 0.5) is 4.39 Å². The van der Waals surface area contributed by atoms with Crippen molar-refractivity contribution in [1.82, 2.24) is 0 Å². The van der Waals surface area contributed by atoms with Gasteiger partial charge in [-0.05, 0) is 33.4 Å². The van der Waals surface area contributed by atoms with Crippen LogP contribution in [0.15, 0.2) is 22.7 Å². The maximum atomic E-state index is 12.9. The highest BCUT2D eigenvalue weighted by Gasteiger charge is 2.09. The Hall–Kier alpha value is -0.610. The molecular formula is C9H6BrFOS. The number of thiophene rings is 1. The van der Waals surface area contributed by atoms with Gasteiger partial charge < -0.3 is 4.74 Å². The third kappa shape index (κ3) is 1.44. The zero-order chi connectivity index (χ0) is 9.42. The van der Waals surface area contributed by atoms with Gasteiger partial charge >= 0.3 is 0 Å². The fourth-order valence-electron chi connectivity index (χ4n) is 1.21. The van der Waals surface area contributed by atoms with E-state index in [0.717, 1.165) is 25.9 Å². The molecule has 2 rings (SSSR count). The molecule has 0 saturated carbocycles. The van der Waals surface area contributed by atoms with E-state index in [2.05, 4.69) is 15.9 Å². The Labute approximate surface area is 87.3 Å². The summed E-state index contributed by atoms with van der Waals surface area (Å²) in [4.78, 5) is 0. The minimum atomic E-state index is -0.189. The molecule has 0 saturated heterocycles. The first-order chi connectivity index (χ1) is 6.22. The molecule has 0 aliphatic heterocycles. The van der Waals surface area contributed by atoms with E-state index >= 15 is 0 Å². The van der Waals surface area contributed by atoms with E-state index in [0.29, 0.717) is 5.75 Å². The quantitative estimate of drug-likeness (QED) is 0.758. The number of rotatable bonds is 1. The summed E-state index contributed by atoms with van der Waals surface area (Å²) < 4.78 is 19.8. The topological polar surface area (TPSA) is 9.23 Å². The van der Waals surface area contributed by atoms with Crippen molar-refractivity contribution in [2.24, 2.45) is 0 Å². The molecule has 0 unspecified atom stereocenters. The molecule has 0 amide bonds. The van der Waals surface area contributed by atoms with Gasteiger partial charge in [-0.1, -0.05) is 6.07 Å². The van der Waals surface area contributed by atoms with Gasteiger partial charge in [0.2, 0.25) is 0 Å². The van der Waals surface area contributed by atoms with E-state index in [1.54, 1.807) is 7.11 Å². The third-order valence-corrected chi connectivity index (χ3v) is 3.33. The Bertz CT molecular complexity index is 452. The number of fused-ring (bicyclic) bond motifs is 1. The molecule has 0 radical (unpaired) electrons. The first-order valence-corrected chi connectivity index (χ1v) is 5.25. The molecule has 0 aliphatic carbocycles. The number of halogens is 2. The monoisotopic (exact) mass is 260 g/mol. The molecule has 1 aromatic carbocycles. The van der Waals surface area contributed by atoms with E-state index in [4.69, 9.17) is 4.74 Å². The fourth-order valence-corrected chi connectivity index (χ4v) is 2.75. The van der Waals surface area contributed by atoms with E-state index in [9.17, 15) is 4.39 Å². The lowest BCUT2D eigenvalue weighted by Crippen LogP contribution is -1.83. The lowest BCUT2D eigenvalue weighted by molar-refractivity contribution is 0.418. The summed E-state index contributed by atoms with van der Waals surface area (Å²) >= 11 is 4.44. The van der Waals surface area contributed by atoms with E-state index in [1.807, 2.05) is 12.1 Å². The number of benzene rings is 1. The Morgan fingerprint density at radius 2 is 2.23 bits per heavy atom. The molecule has 68 valence electrons. The van der Waals surface area contributed by atoms with Crippen LogP contribution in [0, 0.1) is 5.13 Å². The minimum absolute atomic E-state index is 0.189. The molecule has 2 aromatic rings. The molecular weight excluding hydrogens is 255 g/mol. The molecule has 1 aromatic heterocycles. The van der Waals surface area contributed by atoms with Crippen molar-refractivity contribution in [2.75, 3.05) is 7.11 Å². The normalized spacial score (nSPS) is 10.7. The highest BCUT2D eigenvalue weighted by molar-refractivity contribution is 9.10. The van der Waals surface area contributed by atoms with Crippen molar-refractivity contribution in [3.8, 4) is 5.75 Å². The average molecular weight is 261 g/mol. The van der Waals surface area contributed by atoms with Crippen LogP contribution in [-0.2, 0) is 0 Å². The maximum Gasteiger partial charge on any atom is 0.177 e. The van der Waals surface area contributed by atoms with Gasteiger partial charge in [0.05, 0.1) is 16.3 Å². The van der Waals surface area contributed by atoms with E-state index in [-0.39, 0.29) is 5.13 Å². The highest BCUT2D eigenvalue weighted by Crippen LogP contribution is 2.37. The maximum absolute atomic E-state index is 12.9. The molecule has 1 heterocycles. The van der Waals surface area contributed by atoms with Crippen LogP contribution in [0.2, 0.25) is 0 Å². The highest BCUT2D eigenvalue weighted by atomic mass is 79.9. The summed E-state index contributed by atoms with van der Waals surface area (Å²) in [6.45, 7) is 0. The second-order valence-corrected chi connectivity index (χ2v) is 4.41. The van der Waals surface area contributed by atoms with Crippen LogP contribution >= 0.6 is 27.3 Å². The van der Waals surface area contributed by atoms with Gasteiger partial charge in [-0.2, -0.15) is 4.39 Å². The smallest absolute Gasteiger partial charge is 0.177 e. The first kappa shape index (κ1) is 8.97. The molecule has 0 spiro atoms. The second kappa shape index (κ2) is 3.27. The van der Waals surface area contributed by atoms with Crippen LogP contribution in [0.1, 0.15) is 0 Å². The Kier molecular flexibility index (Phi) is 2.26. The van der Waals surface area contributed by atoms with Crippen molar-refractivity contribution >= 4 is 37.4 Å². The summed E-state index contributed by atoms with van der Waals surface area (Å²) in [6, 6.07) is 5.23. The molecule has 0 atom stereocenters. The lowest BCUT2D eigenvalue weighted by Gasteiger charge is -2.02. The number of hydrogen-bond donors (Lipinski definition) is 0.